The number of nitrogens with zero attached hydrogens (tertiary/aromatic N) is 1. The number of hydrogen-bond donors (Lipinski definition) is 3. The van der Waals surface area contributed by atoms with Crippen molar-refractivity contribution in [3.63, 3.8) is 0 Å². The number of carbonyl (C=O) groups is 1. The Hall–Kier alpha value is -2.15. The third kappa shape index (κ3) is 5.81. The van der Waals surface area contributed by atoms with Gasteiger partial charge in [-0.25, -0.2) is 4.98 Å². The molecule has 6 nitrogen and oxygen atoms in total. The molecule has 7 heteroatoms. The molecule has 1 aromatic heterocycles. The highest BCUT2D eigenvalue weighted by Crippen LogP contribution is 2.16. The summed E-state index contributed by atoms with van der Waals surface area (Å²) < 4.78 is 4.86. The second kappa shape index (κ2) is 9.22. The molecule has 0 spiro atoms. The van der Waals surface area contributed by atoms with E-state index in [9.17, 15) is 9.90 Å². The maximum absolute atomic E-state index is 12.2. The first-order chi connectivity index (χ1) is 11.6. The Morgan fingerprint density at radius 1 is 1.38 bits per heavy atom. The van der Waals surface area contributed by atoms with Gasteiger partial charge in [0.05, 0.1) is 18.3 Å². The number of halogens is 1. The topological polar surface area (TPSA) is 83.5 Å². The molecule has 1 unspecified atom stereocenters. The third-order valence-electron chi connectivity index (χ3n) is 3.25. The van der Waals surface area contributed by atoms with E-state index in [4.69, 9.17) is 16.3 Å². The van der Waals surface area contributed by atoms with Gasteiger partial charge in [0.15, 0.2) is 0 Å². The summed E-state index contributed by atoms with van der Waals surface area (Å²) in [5, 5.41) is 16.0. The van der Waals surface area contributed by atoms with Gasteiger partial charge in [-0.1, -0.05) is 17.7 Å². The average Bonchev–Trinajstić information content (AvgIpc) is 2.56. The highest BCUT2D eigenvalue weighted by atomic mass is 35.5. The van der Waals surface area contributed by atoms with Crippen LogP contribution in [0.1, 0.15) is 16.8 Å². The number of pyridine rings is 1. The fraction of sp³-hybridized carbons (Fsp3) is 0.294. The maximum atomic E-state index is 12.2. The Balaban J connectivity index is 1.86. The molecular formula is C17H20ClN3O3. The Morgan fingerprint density at radius 2 is 2.21 bits per heavy atom. The SMILES string of the molecule is COCC(O)CCNc1ccc(C(=O)Nc2cccc(Cl)c2)cn1. The molecule has 0 radical (unpaired) electrons. The minimum atomic E-state index is -0.509. The molecule has 0 aliphatic rings. The van der Waals surface area contributed by atoms with E-state index in [1.54, 1.807) is 43.5 Å². The van der Waals surface area contributed by atoms with Crippen LogP contribution in [-0.2, 0) is 4.74 Å². The van der Waals surface area contributed by atoms with Crippen LogP contribution in [0.15, 0.2) is 42.6 Å². The fourth-order valence-corrected chi connectivity index (χ4v) is 2.24. The van der Waals surface area contributed by atoms with E-state index in [-0.39, 0.29) is 5.91 Å². The van der Waals surface area contributed by atoms with Gasteiger partial charge in [-0.2, -0.15) is 0 Å². The summed E-state index contributed by atoms with van der Waals surface area (Å²) in [5.41, 5.74) is 1.07. The summed E-state index contributed by atoms with van der Waals surface area (Å²) in [6.07, 6.45) is 1.53. The van der Waals surface area contributed by atoms with Gasteiger partial charge in [-0.05, 0) is 36.8 Å². The van der Waals surface area contributed by atoms with Crippen molar-refractivity contribution < 1.29 is 14.6 Å². The van der Waals surface area contributed by atoms with E-state index >= 15 is 0 Å². The van der Waals surface area contributed by atoms with Crippen LogP contribution >= 0.6 is 11.6 Å². The number of methoxy groups -OCH3 is 1. The van der Waals surface area contributed by atoms with Crippen LogP contribution < -0.4 is 10.6 Å². The van der Waals surface area contributed by atoms with Crippen LogP contribution in [0.4, 0.5) is 11.5 Å². The number of anilines is 2. The first-order valence-electron chi connectivity index (χ1n) is 7.52. The molecule has 0 fully saturated rings. The lowest BCUT2D eigenvalue weighted by Gasteiger charge is -2.11. The second-order valence-electron chi connectivity index (χ2n) is 5.22. The number of aromatic nitrogens is 1. The minimum Gasteiger partial charge on any atom is -0.391 e. The van der Waals surface area contributed by atoms with Crippen molar-refractivity contribution in [1.29, 1.82) is 0 Å². The van der Waals surface area contributed by atoms with Crippen molar-refractivity contribution in [2.45, 2.75) is 12.5 Å². The Morgan fingerprint density at radius 3 is 2.88 bits per heavy atom. The van der Waals surface area contributed by atoms with Crippen LogP contribution in [0.2, 0.25) is 5.02 Å². The number of ether oxygens (including phenoxy) is 1. The minimum absolute atomic E-state index is 0.258. The molecule has 0 saturated carbocycles. The quantitative estimate of drug-likeness (QED) is 0.682. The van der Waals surface area contributed by atoms with Gasteiger partial charge in [-0.15, -0.1) is 0 Å². The van der Waals surface area contributed by atoms with Gasteiger partial charge in [0.25, 0.3) is 5.91 Å². The monoisotopic (exact) mass is 349 g/mol. The molecule has 24 heavy (non-hydrogen) atoms. The standard InChI is InChI=1S/C17H20ClN3O3/c1-24-11-15(22)7-8-19-16-6-5-12(10-20-16)17(23)21-14-4-2-3-13(18)9-14/h2-6,9-10,15,22H,7-8,11H2,1H3,(H,19,20)(H,21,23). The van der Waals surface area contributed by atoms with Crippen LogP contribution in [0.5, 0.6) is 0 Å². The molecule has 1 amide bonds. The van der Waals surface area contributed by atoms with Crippen molar-refractivity contribution in [3.8, 4) is 0 Å². The molecule has 3 N–H and O–H groups in total. The highest BCUT2D eigenvalue weighted by Gasteiger charge is 2.08. The average molecular weight is 350 g/mol. The zero-order chi connectivity index (χ0) is 17.4. The highest BCUT2D eigenvalue weighted by molar-refractivity contribution is 6.30. The molecular weight excluding hydrogens is 330 g/mol. The first-order valence-corrected chi connectivity index (χ1v) is 7.90. The van der Waals surface area contributed by atoms with Gasteiger partial charge >= 0.3 is 0 Å². The molecule has 1 heterocycles. The number of benzene rings is 1. The number of nitrogens with one attached hydrogen (secondary N) is 2. The summed E-state index contributed by atoms with van der Waals surface area (Å²) in [4.78, 5) is 16.3. The third-order valence-corrected chi connectivity index (χ3v) is 3.49. The summed E-state index contributed by atoms with van der Waals surface area (Å²) in [6.45, 7) is 0.864. The van der Waals surface area contributed by atoms with E-state index in [0.29, 0.717) is 41.7 Å². The van der Waals surface area contributed by atoms with Crippen molar-refractivity contribution in [1.82, 2.24) is 4.98 Å². The predicted molar refractivity (Wildman–Crippen MR) is 94.6 cm³/mol. The van der Waals surface area contributed by atoms with Crippen molar-refractivity contribution in [2.24, 2.45) is 0 Å². The zero-order valence-corrected chi connectivity index (χ0v) is 14.1. The Kier molecular flexibility index (Phi) is 6.99. The van der Waals surface area contributed by atoms with E-state index < -0.39 is 6.10 Å². The zero-order valence-electron chi connectivity index (χ0n) is 13.3. The van der Waals surface area contributed by atoms with Gasteiger partial charge < -0.3 is 20.5 Å². The maximum Gasteiger partial charge on any atom is 0.257 e. The number of hydrogen-bond acceptors (Lipinski definition) is 5. The van der Waals surface area contributed by atoms with Gasteiger partial charge in [0, 0.05) is 30.6 Å². The van der Waals surface area contributed by atoms with Crippen molar-refractivity contribution in [3.05, 3.63) is 53.2 Å². The van der Waals surface area contributed by atoms with E-state index in [0.717, 1.165) is 0 Å². The summed E-state index contributed by atoms with van der Waals surface area (Å²) in [6, 6.07) is 10.3. The predicted octanol–water partition coefficient (Wildman–Crippen LogP) is 2.80. The van der Waals surface area contributed by atoms with E-state index in [1.165, 1.54) is 6.20 Å². The van der Waals surface area contributed by atoms with Crippen LogP contribution in [0.25, 0.3) is 0 Å². The summed E-state index contributed by atoms with van der Waals surface area (Å²) in [7, 11) is 1.55. The van der Waals surface area contributed by atoms with E-state index in [1.807, 2.05) is 0 Å². The van der Waals surface area contributed by atoms with Gasteiger partial charge in [0.2, 0.25) is 0 Å². The molecule has 128 valence electrons. The molecule has 1 aromatic carbocycles. The lowest BCUT2D eigenvalue weighted by molar-refractivity contribution is 0.0615. The van der Waals surface area contributed by atoms with Crippen molar-refractivity contribution in [2.75, 3.05) is 30.9 Å². The lowest BCUT2D eigenvalue weighted by atomic mass is 10.2. The second-order valence-corrected chi connectivity index (χ2v) is 5.66. The van der Waals surface area contributed by atoms with Crippen LogP contribution in [-0.4, -0.2) is 42.4 Å². The van der Waals surface area contributed by atoms with Gasteiger partial charge in [-0.3, -0.25) is 4.79 Å². The first kappa shape index (κ1) is 18.2. The largest absolute Gasteiger partial charge is 0.391 e. The molecule has 0 bridgehead atoms. The van der Waals surface area contributed by atoms with E-state index in [2.05, 4.69) is 15.6 Å². The summed E-state index contributed by atoms with van der Waals surface area (Å²) >= 11 is 5.89. The van der Waals surface area contributed by atoms with Gasteiger partial charge in [0.1, 0.15) is 5.82 Å². The number of amides is 1. The lowest BCUT2D eigenvalue weighted by Crippen LogP contribution is -2.18. The molecule has 0 saturated heterocycles. The normalized spacial score (nSPS) is 11.8. The number of aliphatic hydroxyl groups is 1. The molecule has 2 rings (SSSR count). The van der Waals surface area contributed by atoms with Crippen LogP contribution in [0, 0.1) is 0 Å². The number of carbonyl (C=O) groups excluding carboxylic acids is 1. The van der Waals surface area contributed by atoms with Crippen LogP contribution in [0.3, 0.4) is 0 Å². The Bertz CT molecular complexity index is 664. The fourth-order valence-electron chi connectivity index (χ4n) is 2.04. The number of aliphatic hydroxyl groups excluding tert-OH is 1. The van der Waals surface area contributed by atoms with Crippen molar-refractivity contribution >= 4 is 29.0 Å². The Labute approximate surface area is 145 Å². The smallest absolute Gasteiger partial charge is 0.257 e. The molecule has 0 aliphatic heterocycles. The molecule has 1 atom stereocenters. The molecule has 2 aromatic rings. The molecule has 0 aliphatic carbocycles. The summed E-state index contributed by atoms with van der Waals surface area (Å²) in [5.74, 6) is 0.380. The number of rotatable bonds is 8.